The van der Waals surface area contributed by atoms with E-state index in [4.69, 9.17) is 10.5 Å². The molecule has 3 rings (SSSR count). The van der Waals surface area contributed by atoms with Gasteiger partial charge in [0.05, 0.1) is 18.4 Å². The minimum Gasteiger partial charge on any atom is -0.444 e. The normalized spacial score (nSPS) is 16.0. The number of aldehydes is 1. The van der Waals surface area contributed by atoms with Gasteiger partial charge in [0.2, 0.25) is 5.91 Å². The summed E-state index contributed by atoms with van der Waals surface area (Å²) in [5.74, 6) is -0.363. The highest BCUT2D eigenvalue weighted by Crippen LogP contribution is 2.16. The molecule has 0 bridgehead atoms. The summed E-state index contributed by atoms with van der Waals surface area (Å²) in [5, 5.41) is 5.14. The first kappa shape index (κ1) is 28.3. The molecule has 4 amide bonds. The molecule has 13 nitrogen and oxygen atoms in total. The van der Waals surface area contributed by atoms with Gasteiger partial charge in [-0.25, -0.2) is 14.4 Å². The van der Waals surface area contributed by atoms with E-state index in [2.05, 4.69) is 15.6 Å². The van der Waals surface area contributed by atoms with E-state index in [-0.39, 0.29) is 25.5 Å². The average molecular weight is 528 g/mol. The van der Waals surface area contributed by atoms with Crippen molar-refractivity contribution in [1.29, 1.82) is 0 Å². The number of piperazine rings is 1. The van der Waals surface area contributed by atoms with Gasteiger partial charge in [-0.15, -0.1) is 0 Å². The number of carbonyl (C=O) groups excluding carboxylic acids is 4. The lowest BCUT2D eigenvalue weighted by molar-refractivity contribution is -0.141. The molecule has 2 aromatic rings. The molecular formula is C25H33N7O6. The van der Waals surface area contributed by atoms with E-state index < -0.39 is 41.0 Å². The number of benzene rings is 1. The zero-order valence-electron chi connectivity index (χ0n) is 22.1. The van der Waals surface area contributed by atoms with Gasteiger partial charge in [0, 0.05) is 24.8 Å². The number of anilines is 1. The Kier molecular flexibility index (Phi) is 8.20. The number of rotatable bonds is 5. The number of alkyl carbamates (subject to hydrolysis) is 1. The second-order valence-corrected chi connectivity index (χ2v) is 10.4. The van der Waals surface area contributed by atoms with Gasteiger partial charge in [0.1, 0.15) is 23.2 Å². The van der Waals surface area contributed by atoms with Crippen molar-refractivity contribution >= 4 is 30.1 Å². The van der Waals surface area contributed by atoms with Crippen LogP contribution in [0.2, 0.25) is 0 Å². The summed E-state index contributed by atoms with van der Waals surface area (Å²) in [6.07, 6.45) is 0.613. The van der Waals surface area contributed by atoms with E-state index in [9.17, 15) is 24.0 Å². The maximum Gasteiger partial charge on any atom is 0.408 e. The number of nitrogens with two attached hydrogens (primary N) is 1. The summed E-state index contributed by atoms with van der Waals surface area (Å²) in [6.45, 7) is 8.60. The zero-order valence-corrected chi connectivity index (χ0v) is 22.1. The van der Waals surface area contributed by atoms with Crippen LogP contribution in [0.25, 0.3) is 5.69 Å². The maximum absolute atomic E-state index is 13.1. The van der Waals surface area contributed by atoms with Crippen molar-refractivity contribution in [3.8, 4) is 5.69 Å². The third kappa shape index (κ3) is 6.94. The summed E-state index contributed by atoms with van der Waals surface area (Å²) in [6, 6.07) is 7.31. The average Bonchev–Trinajstić information content (AvgIpc) is 2.82. The number of hydrogen-bond donors (Lipinski definition) is 3. The molecule has 2 heterocycles. The van der Waals surface area contributed by atoms with Crippen LogP contribution < -0.4 is 22.1 Å². The molecule has 1 fully saturated rings. The molecule has 4 N–H and O–H groups in total. The second-order valence-electron chi connectivity index (χ2n) is 10.4. The number of ether oxygens (including phenoxy) is 1. The maximum atomic E-state index is 13.1. The molecule has 204 valence electrons. The molecule has 38 heavy (non-hydrogen) atoms. The monoisotopic (exact) mass is 527 g/mol. The predicted octanol–water partition coefficient (Wildman–Crippen LogP) is 1.31. The van der Waals surface area contributed by atoms with Gasteiger partial charge < -0.3 is 25.6 Å². The fourth-order valence-corrected chi connectivity index (χ4v) is 3.79. The van der Waals surface area contributed by atoms with Crippen molar-refractivity contribution in [3.63, 3.8) is 0 Å². The van der Waals surface area contributed by atoms with Gasteiger partial charge in [-0.3, -0.25) is 19.5 Å². The lowest BCUT2D eigenvalue weighted by Crippen LogP contribution is -2.66. The van der Waals surface area contributed by atoms with E-state index in [1.54, 1.807) is 58.9 Å². The fourth-order valence-electron chi connectivity index (χ4n) is 3.79. The topological polar surface area (TPSA) is 169 Å². The van der Waals surface area contributed by atoms with Crippen LogP contribution in [-0.4, -0.2) is 80.6 Å². The van der Waals surface area contributed by atoms with Crippen LogP contribution in [0.15, 0.2) is 41.3 Å². The number of hydrogen-bond acceptors (Lipinski definition) is 8. The molecule has 0 aliphatic carbocycles. The number of aromatic nitrogens is 2. The SMILES string of the molecule is CC(C)(C)OC(=O)NC(C)(C)C(=O)N1CCN(C(=O)Nc2ccn(-c3ccc(C=O)cc3)c(=O)n2)C[C@H]1N. The third-order valence-electron chi connectivity index (χ3n) is 5.66. The van der Waals surface area contributed by atoms with Crippen molar-refractivity contribution < 1.29 is 23.9 Å². The lowest BCUT2D eigenvalue weighted by atomic mass is 10.0. The standard InChI is InChI=1S/C25H33N7O6/c1-24(2,3)38-23(37)29-25(4,5)20(34)32-13-12-30(14-18(32)26)21(35)27-19-10-11-31(22(36)28-19)17-8-6-16(15-33)7-9-17/h6-11,15,18H,12-14,26H2,1-5H3,(H,29,37)(H,27,28,35,36)/t18-/m0/s1. The van der Waals surface area contributed by atoms with E-state index in [1.807, 2.05) is 0 Å². The molecule has 13 heteroatoms. The molecule has 1 aliphatic rings. The van der Waals surface area contributed by atoms with Gasteiger partial charge in [0.15, 0.2) is 0 Å². The van der Waals surface area contributed by atoms with Gasteiger partial charge in [0.25, 0.3) is 0 Å². The van der Waals surface area contributed by atoms with Crippen LogP contribution in [0.1, 0.15) is 45.0 Å². The first-order valence-electron chi connectivity index (χ1n) is 12.0. The Hall–Kier alpha value is -4.26. The Morgan fingerprint density at radius 2 is 1.74 bits per heavy atom. The Morgan fingerprint density at radius 1 is 1.08 bits per heavy atom. The predicted molar refractivity (Wildman–Crippen MR) is 139 cm³/mol. The van der Waals surface area contributed by atoms with E-state index in [0.717, 1.165) is 0 Å². The van der Waals surface area contributed by atoms with Gasteiger partial charge >= 0.3 is 17.8 Å². The molecule has 0 saturated carbocycles. The first-order chi connectivity index (χ1) is 17.7. The summed E-state index contributed by atoms with van der Waals surface area (Å²) < 4.78 is 6.51. The zero-order chi connectivity index (χ0) is 28.3. The number of nitrogens with zero attached hydrogens (tertiary/aromatic N) is 4. The van der Waals surface area contributed by atoms with Crippen LogP contribution in [0, 0.1) is 0 Å². The largest absolute Gasteiger partial charge is 0.444 e. The highest BCUT2D eigenvalue weighted by atomic mass is 16.6. The first-order valence-corrected chi connectivity index (χ1v) is 12.0. The number of carbonyl (C=O) groups is 4. The Bertz CT molecular complexity index is 1270. The van der Waals surface area contributed by atoms with E-state index in [1.165, 1.54) is 26.6 Å². The fraction of sp³-hybridized carbons (Fsp3) is 0.440. The minimum atomic E-state index is -1.29. The summed E-state index contributed by atoms with van der Waals surface area (Å²) in [5.41, 5.74) is 4.57. The highest BCUT2D eigenvalue weighted by Gasteiger charge is 2.39. The molecule has 0 radical (unpaired) electrons. The smallest absolute Gasteiger partial charge is 0.408 e. The van der Waals surface area contributed by atoms with Gasteiger partial charge in [-0.2, -0.15) is 4.98 Å². The lowest BCUT2D eigenvalue weighted by Gasteiger charge is -2.42. The van der Waals surface area contributed by atoms with Crippen LogP contribution in [0.4, 0.5) is 15.4 Å². The van der Waals surface area contributed by atoms with Gasteiger partial charge in [-0.05, 0) is 65.0 Å². The minimum absolute atomic E-state index is 0.0280. The highest BCUT2D eigenvalue weighted by molar-refractivity contribution is 5.91. The number of amides is 4. The van der Waals surface area contributed by atoms with E-state index in [0.29, 0.717) is 17.5 Å². The Labute approximate surface area is 219 Å². The van der Waals surface area contributed by atoms with Crippen molar-refractivity contribution in [3.05, 3.63) is 52.6 Å². The number of urea groups is 1. The molecule has 1 atom stereocenters. The molecular weight excluding hydrogens is 494 g/mol. The van der Waals surface area contributed by atoms with Crippen molar-refractivity contribution in [1.82, 2.24) is 24.7 Å². The Balaban J connectivity index is 1.60. The molecule has 0 spiro atoms. The van der Waals surface area contributed by atoms with E-state index >= 15 is 0 Å². The van der Waals surface area contributed by atoms with Crippen molar-refractivity contribution in [2.75, 3.05) is 25.0 Å². The van der Waals surface area contributed by atoms with Crippen molar-refractivity contribution in [2.24, 2.45) is 5.73 Å². The molecule has 1 aromatic heterocycles. The second kappa shape index (κ2) is 11.0. The summed E-state index contributed by atoms with van der Waals surface area (Å²) >= 11 is 0. The molecule has 0 unspecified atom stereocenters. The number of nitrogens with one attached hydrogen (secondary N) is 2. The van der Waals surface area contributed by atoms with Crippen LogP contribution in [0.3, 0.4) is 0 Å². The van der Waals surface area contributed by atoms with Crippen LogP contribution >= 0.6 is 0 Å². The molecule has 1 aromatic carbocycles. The third-order valence-corrected chi connectivity index (χ3v) is 5.66. The van der Waals surface area contributed by atoms with Crippen molar-refractivity contribution in [2.45, 2.75) is 51.9 Å². The van der Waals surface area contributed by atoms with Crippen LogP contribution in [-0.2, 0) is 9.53 Å². The quantitative estimate of drug-likeness (QED) is 0.489. The van der Waals surface area contributed by atoms with Gasteiger partial charge in [-0.1, -0.05) is 0 Å². The summed E-state index contributed by atoms with van der Waals surface area (Å²) in [7, 11) is 0. The molecule has 1 aliphatic heterocycles. The summed E-state index contributed by atoms with van der Waals surface area (Å²) in [4.78, 5) is 68.1. The van der Waals surface area contributed by atoms with Crippen LogP contribution in [0.5, 0.6) is 0 Å². The molecule has 1 saturated heterocycles. The Morgan fingerprint density at radius 3 is 2.29 bits per heavy atom.